The molecule has 0 aliphatic carbocycles. The third-order valence-electron chi connectivity index (χ3n) is 4.51. The zero-order chi connectivity index (χ0) is 21.4. The molecule has 0 aliphatic rings. The quantitative estimate of drug-likeness (QED) is 0.469. The molecule has 1 aromatic heterocycles. The molecule has 2 aromatic rings. The molecule has 0 saturated heterocycles. The molecule has 8 nitrogen and oxygen atoms in total. The highest BCUT2D eigenvalue weighted by Gasteiger charge is 2.32. The van der Waals surface area contributed by atoms with Crippen molar-refractivity contribution in [2.45, 2.75) is 30.4 Å². The van der Waals surface area contributed by atoms with Crippen LogP contribution in [-0.4, -0.2) is 47.0 Å². The van der Waals surface area contributed by atoms with E-state index in [-0.39, 0.29) is 23.7 Å². The second-order valence-electron chi connectivity index (χ2n) is 6.61. The van der Waals surface area contributed by atoms with Crippen molar-refractivity contribution >= 4 is 21.7 Å². The van der Waals surface area contributed by atoms with E-state index in [2.05, 4.69) is 10.6 Å². The van der Waals surface area contributed by atoms with E-state index in [9.17, 15) is 18.0 Å². The maximum Gasteiger partial charge on any atom is 0.309 e. The lowest BCUT2D eigenvalue weighted by Gasteiger charge is -2.17. The van der Waals surface area contributed by atoms with Crippen LogP contribution >= 0.6 is 0 Å². The molecule has 0 aliphatic heterocycles. The van der Waals surface area contributed by atoms with E-state index < -0.39 is 26.9 Å². The second-order valence-corrected chi connectivity index (χ2v) is 8.74. The van der Waals surface area contributed by atoms with Gasteiger partial charge in [0, 0.05) is 26.8 Å². The van der Waals surface area contributed by atoms with Crippen LogP contribution in [-0.2, 0) is 24.2 Å². The van der Waals surface area contributed by atoms with Crippen molar-refractivity contribution in [1.29, 1.82) is 0 Å². The van der Waals surface area contributed by atoms with Gasteiger partial charge in [0.25, 0.3) is 0 Å². The smallest absolute Gasteiger partial charge is 0.309 e. The molecular formula is C20H26N2O6S. The zero-order valence-corrected chi connectivity index (χ0v) is 17.5. The van der Waals surface area contributed by atoms with Crippen LogP contribution in [0.3, 0.4) is 0 Å². The van der Waals surface area contributed by atoms with Crippen molar-refractivity contribution in [3.8, 4) is 0 Å². The first-order valence-electron chi connectivity index (χ1n) is 9.17. The summed E-state index contributed by atoms with van der Waals surface area (Å²) in [6, 6.07) is 7.94. The number of hydrogen-bond acceptors (Lipinski definition) is 6. The first kappa shape index (κ1) is 22.6. The molecule has 1 atom stereocenters. The summed E-state index contributed by atoms with van der Waals surface area (Å²) in [4.78, 5) is 24.1. The number of furan rings is 1. The van der Waals surface area contributed by atoms with Gasteiger partial charge >= 0.3 is 11.8 Å². The third-order valence-corrected chi connectivity index (χ3v) is 6.57. The summed E-state index contributed by atoms with van der Waals surface area (Å²) in [7, 11) is -2.32. The Bertz CT molecular complexity index is 938. The van der Waals surface area contributed by atoms with E-state index in [1.807, 2.05) is 13.8 Å². The average Bonchev–Trinajstić information content (AvgIpc) is 3.21. The molecule has 9 heteroatoms. The highest BCUT2D eigenvalue weighted by atomic mass is 32.2. The Kier molecular flexibility index (Phi) is 7.98. The summed E-state index contributed by atoms with van der Waals surface area (Å²) in [5, 5.41) is 3.69. The van der Waals surface area contributed by atoms with Crippen LogP contribution in [0, 0.1) is 13.8 Å². The van der Waals surface area contributed by atoms with Gasteiger partial charge in [-0.15, -0.1) is 0 Å². The lowest BCUT2D eigenvalue weighted by atomic mass is 10.1. The van der Waals surface area contributed by atoms with Crippen molar-refractivity contribution in [3.63, 3.8) is 0 Å². The Labute approximate surface area is 170 Å². The Morgan fingerprint density at radius 2 is 1.83 bits per heavy atom. The Morgan fingerprint density at radius 3 is 2.45 bits per heavy atom. The van der Waals surface area contributed by atoms with Crippen molar-refractivity contribution in [1.82, 2.24) is 10.6 Å². The van der Waals surface area contributed by atoms with E-state index in [4.69, 9.17) is 9.15 Å². The molecule has 2 rings (SSSR count). The second kappa shape index (κ2) is 10.2. The van der Waals surface area contributed by atoms with Crippen molar-refractivity contribution in [2.75, 3.05) is 26.8 Å². The number of benzene rings is 1. The number of nitrogens with one attached hydrogen (secondary N) is 2. The van der Waals surface area contributed by atoms with Gasteiger partial charge in [0.05, 0.1) is 11.2 Å². The highest BCUT2D eigenvalue weighted by molar-refractivity contribution is 7.91. The molecule has 0 unspecified atom stereocenters. The number of carbonyl (C=O) groups excluding carboxylic acids is 2. The molecule has 29 heavy (non-hydrogen) atoms. The molecule has 2 amide bonds. The van der Waals surface area contributed by atoms with E-state index in [1.54, 1.807) is 25.3 Å². The minimum atomic E-state index is -3.87. The van der Waals surface area contributed by atoms with E-state index >= 15 is 0 Å². The van der Waals surface area contributed by atoms with Gasteiger partial charge in [-0.2, -0.15) is 0 Å². The molecule has 158 valence electrons. The summed E-state index contributed by atoms with van der Waals surface area (Å²) < 4.78 is 36.6. The zero-order valence-electron chi connectivity index (χ0n) is 16.7. The highest BCUT2D eigenvalue weighted by Crippen LogP contribution is 2.29. The molecule has 0 spiro atoms. The SMILES string of the molecule is COCCCNC(=O)C(=O)NC[C@H](c1ccco1)S(=O)(=O)c1ccc(C)c(C)c1. The predicted molar refractivity (Wildman–Crippen MR) is 107 cm³/mol. The Balaban J connectivity index is 2.14. The Hall–Kier alpha value is -2.65. The molecular weight excluding hydrogens is 396 g/mol. The van der Waals surface area contributed by atoms with Crippen LogP contribution in [0.1, 0.15) is 28.6 Å². The number of amides is 2. The fourth-order valence-electron chi connectivity index (χ4n) is 2.66. The fourth-order valence-corrected chi connectivity index (χ4v) is 4.33. The van der Waals surface area contributed by atoms with Gasteiger partial charge in [-0.1, -0.05) is 6.07 Å². The third kappa shape index (κ3) is 5.91. The minimum absolute atomic E-state index is 0.125. The maximum atomic E-state index is 13.2. The van der Waals surface area contributed by atoms with Crippen molar-refractivity contribution in [3.05, 3.63) is 53.5 Å². The summed E-state index contributed by atoms with van der Waals surface area (Å²) in [5.41, 5.74) is 1.81. The fraction of sp³-hybridized carbons (Fsp3) is 0.400. The summed E-state index contributed by atoms with van der Waals surface area (Å²) in [6.45, 7) is 4.15. The van der Waals surface area contributed by atoms with E-state index in [1.165, 1.54) is 18.4 Å². The van der Waals surface area contributed by atoms with Gasteiger partial charge in [-0.25, -0.2) is 8.42 Å². The van der Waals surface area contributed by atoms with Gasteiger partial charge in [0.15, 0.2) is 9.84 Å². The van der Waals surface area contributed by atoms with Gasteiger partial charge in [0.1, 0.15) is 11.0 Å². The average molecular weight is 423 g/mol. The van der Waals surface area contributed by atoms with Crippen LogP contribution in [0.15, 0.2) is 45.9 Å². The minimum Gasteiger partial charge on any atom is -0.468 e. The first-order valence-corrected chi connectivity index (χ1v) is 10.7. The first-order chi connectivity index (χ1) is 13.8. The standard InChI is InChI=1S/C20H26N2O6S/c1-14-7-8-16(12-15(14)2)29(25,26)18(17-6-4-11-28-17)13-22-20(24)19(23)21-9-5-10-27-3/h4,6-8,11-12,18H,5,9-10,13H2,1-3H3,(H,21,23)(H,22,24)/t18-/m1/s1. The molecule has 1 aromatic carbocycles. The number of hydrogen-bond donors (Lipinski definition) is 2. The monoisotopic (exact) mass is 422 g/mol. The topological polar surface area (TPSA) is 115 Å². The van der Waals surface area contributed by atoms with Crippen LogP contribution in [0.2, 0.25) is 0 Å². The predicted octanol–water partition coefficient (Wildman–Crippen LogP) is 1.68. The van der Waals surface area contributed by atoms with Gasteiger partial charge in [-0.3, -0.25) is 9.59 Å². The molecule has 0 fully saturated rings. The normalized spacial score (nSPS) is 12.4. The molecule has 0 saturated carbocycles. The largest absolute Gasteiger partial charge is 0.468 e. The van der Waals surface area contributed by atoms with Crippen LogP contribution in [0.5, 0.6) is 0 Å². The number of rotatable bonds is 9. The van der Waals surface area contributed by atoms with Crippen molar-refractivity contribution in [2.24, 2.45) is 0 Å². The number of ether oxygens (including phenoxy) is 1. The van der Waals surface area contributed by atoms with E-state index in [0.29, 0.717) is 13.0 Å². The molecule has 0 radical (unpaired) electrons. The van der Waals surface area contributed by atoms with Crippen LogP contribution < -0.4 is 10.6 Å². The lowest BCUT2D eigenvalue weighted by molar-refractivity contribution is -0.139. The van der Waals surface area contributed by atoms with Gasteiger partial charge < -0.3 is 19.8 Å². The van der Waals surface area contributed by atoms with Crippen LogP contribution in [0.4, 0.5) is 0 Å². The van der Waals surface area contributed by atoms with Gasteiger partial charge in [-0.05, 0) is 55.7 Å². The molecule has 2 N–H and O–H groups in total. The summed E-state index contributed by atoms with van der Waals surface area (Å²) in [5.74, 6) is -1.55. The lowest BCUT2D eigenvalue weighted by Crippen LogP contribution is -2.42. The molecule has 1 heterocycles. The van der Waals surface area contributed by atoms with Crippen LogP contribution in [0.25, 0.3) is 0 Å². The molecule has 0 bridgehead atoms. The van der Waals surface area contributed by atoms with Crippen molar-refractivity contribution < 1.29 is 27.2 Å². The number of sulfone groups is 1. The summed E-state index contributed by atoms with van der Waals surface area (Å²) in [6.07, 6.45) is 1.92. The Morgan fingerprint density at radius 1 is 1.10 bits per heavy atom. The number of methoxy groups -OCH3 is 1. The van der Waals surface area contributed by atoms with E-state index in [0.717, 1.165) is 11.1 Å². The number of aryl methyl sites for hydroxylation is 2. The maximum absolute atomic E-state index is 13.2. The number of carbonyl (C=O) groups is 2. The summed E-state index contributed by atoms with van der Waals surface area (Å²) >= 11 is 0. The van der Waals surface area contributed by atoms with Gasteiger partial charge in [0.2, 0.25) is 0 Å².